The van der Waals surface area contributed by atoms with Gasteiger partial charge in [0.15, 0.2) is 0 Å². The fourth-order valence-electron chi connectivity index (χ4n) is 3.70. The molecule has 0 bridgehead atoms. The molecule has 3 nitrogen and oxygen atoms in total. The highest BCUT2D eigenvalue weighted by molar-refractivity contribution is 6.33. The maximum absolute atomic E-state index is 6.31. The first-order valence-corrected chi connectivity index (χ1v) is 8.57. The molecule has 0 radical (unpaired) electrons. The summed E-state index contributed by atoms with van der Waals surface area (Å²) in [4.78, 5) is 5.04. The van der Waals surface area contributed by atoms with E-state index in [4.69, 9.17) is 11.6 Å². The minimum Gasteiger partial charge on any atom is -0.368 e. The molecule has 2 fully saturated rings. The fraction of sp³-hybridized carbons (Fsp3) is 0.647. The van der Waals surface area contributed by atoms with E-state index >= 15 is 0 Å². The summed E-state index contributed by atoms with van der Waals surface area (Å²) < 4.78 is 0. The Kier molecular flexibility index (Phi) is 4.72. The molecule has 2 aliphatic rings. The maximum Gasteiger partial charge on any atom is 0.0639 e. The number of anilines is 1. The smallest absolute Gasteiger partial charge is 0.0639 e. The molecule has 3 rings (SSSR count). The first-order chi connectivity index (χ1) is 10.2. The van der Waals surface area contributed by atoms with Crippen molar-refractivity contribution in [1.82, 2.24) is 10.2 Å². The van der Waals surface area contributed by atoms with E-state index in [0.29, 0.717) is 5.54 Å². The topological polar surface area (TPSA) is 18.5 Å². The summed E-state index contributed by atoms with van der Waals surface area (Å²) in [7, 11) is 0. The molecule has 2 saturated heterocycles. The van der Waals surface area contributed by atoms with Crippen LogP contribution in [-0.2, 0) is 0 Å². The van der Waals surface area contributed by atoms with Crippen LogP contribution >= 0.6 is 11.6 Å². The van der Waals surface area contributed by atoms with Crippen molar-refractivity contribution in [1.29, 1.82) is 0 Å². The molecule has 0 aliphatic carbocycles. The first-order valence-electron chi connectivity index (χ1n) is 8.19. The second-order valence-electron chi connectivity index (χ2n) is 6.38. The van der Waals surface area contributed by atoms with Gasteiger partial charge in [-0.3, -0.25) is 4.90 Å². The SMILES string of the molecule is CCC1(CN2CCN(c3ccccc3Cl)CC2)CCCN1. The summed E-state index contributed by atoms with van der Waals surface area (Å²) in [6.07, 6.45) is 3.89. The molecule has 1 atom stereocenters. The Balaban J connectivity index is 1.57. The highest BCUT2D eigenvalue weighted by Crippen LogP contribution is 2.28. The predicted octanol–water partition coefficient (Wildman–Crippen LogP) is 2.99. The van der Waals surface area contributed by atoms with Crippen LogP contribution in [0.25, 0.3) is 0 Å². The quantitative estimate of drug-likeness (QED) is 0.922. The number of hydrogen-bond donors (Lipinski definition) is 1. The van der Waals surface area contributed by atoms with Gasteiger partial charge in [-0.05, 0) is 37.9 Å². The highest BCUT2D eigenvalue weighted by Gasteiger charge is 2.34. The van der Waals surface area contributed by atoms with Gasteiger partial charge in [0, 0.05) is 38.3 Å². The van der Waals surface area contributed by atoms with Gasteiger partial charge in [-0.2, -0.15) is 0 Å². The minimum absolute atomic E-state index is 0.368. The van der Waals surface area contributed by atoms with Crippen molar-refractivity contribution in [2.24, 2.45) is 0 Å². The van der Waals surface area contributed by atoms with Gasteiger partial charge in [0.2, 0.25) is 0 Å². The second-order valence-corrected chi connectivity index (χ2v) is 6.79. The van der Waals surface area contributed by atoms with Gasteiger partial charge in [-0.25, -0.2) is 0 Å². The largest absolute Gasteiger partial charge is 0.368 e. The number of para-hydroxylation sites is 1. The van der Waals surface area contributed by atoms with Crippen molar-refractivity contribution in [3.63, 3.8) is 0 Å². The molecule has 1 aromatic rings. The molecule has 116 valence electrons. The van der Waals surface area contributed by atoms with Crippen molar-refractivity contribution < 1.29 is 0 Å². The van der Waals surface area contributed by atoms with E-state index in [-0.39, 0.29) is 0 Å². The lowest BCUT2D eigenvalue weighted by atomic mass is 9.93. The van der Waals surface area contributed by atoms with Crippen LogP contribution < -0.4 is 10.2 Å². The third-order valence-electron chi connectivity index (χ3n) is 5.10. The lowest BCUT2D eigenvalue weighted by Crippen LogP contribution is -2.55. The van der Waals surface area contributed by atoms with E-state index in [2.05, 4.69) is 34.2 Å². The monoisotopic (exact) mass is 307 g/mol. The lowest BCUT2D eigenvalue weighted by molar-refractivity contribution is 0.179. The molecule has 2 heterocycles. The molecule has 2 aliphatic heterocycles. The summed E-state index contributed by atoms with van der Waals surface area (Å²) in [5, 5.41) is 4.61. The van der Waals surface area contributed by atoms with Gasteiger partial charge in [-0.15, -0.1) is 0 Å². The number of piperazine rings is 1. The third-order valence-corrected chi connectivity index (χ3v) is 5.42. The van der Waals surface area contributed by atoms with Crippen LogP contribution in [0.2, 0.25) is 5.02 Å². The molecule has 0 aromatic heterocycles. The standard InChI is InChI=1S/C17H26ClN3/c1-2-17(8-5-9-19-17)14-20-10-12-21(13-11-20)16-7-4-3-6-15(16)18/h3-4,6-7,19H,2,5,8-14H2,1H3. The molecule has 1 aromatic carbocycles. The number of nitrogens with one attached hydrogen (secondary N) is 1. The van der Waals surface area contributed by atoms with E-state index < -0.39 is 0 Å². The van der Waals surface area contributed by atoms with E-state index in [0.717, 1.165) is 31.2 Å². The Hall–Kier alpha value is -0.770. The average molecular weight is 308 g/mol. The lowest BCUT2D eigenvalue weighted by Gasteiger charge is -2.41. The van der Waals surface area contributed by atoms with Crippen LogP contribution in [0.15, 0.2) is 24.3 Å². The van der Waals surface area contributed by atoms with Gasteiger partial charge in [0.25, 0.3) is 0 Å². The van der Waals surface area contributed by atoms with E-state index in [1.54, 1.807) is 0 Å². The van der Waals surface area contributed by atoms with E-state index in [1.807, 2.05) is 12.1 Å². The summed E-state index contributed by atoms with van der Waals surface area (Å²) in [6, 6.07) is 8.18. The van der Waals surface area contributed by atoms with Crippen LogP contribution in [0.3, 0.4) is 0 Å². The number of benzene rings is 1. The molecule has 1 unspecified atom stereocenters. The Morgan fingerprint density at radius 1 is 1.19 bits per heavy atom. The van der Waals surface area contributed by atoms with Gasteiger partial charge in [0.1, 0.15) is 0 Å². The zero-order chi connectivity index (χ0) is 14.7. The third kappa shape index (κ3) is 3.36. The number of rotatable bonds is 4. The van der Waals surface area contributed by atoms with Crippen LogP contribution in [0, 0.1) is 0 Å². The minimum atomic E-state index is 0.368. The van der Waals surface area contributed by atoms with Crippen LogP contribution in [-0.4, -0.2) is 49.7 Å². The predicted molar refractivity (Wildman–Crippen MR) is 90.4 cm³/mol. The number of nitrogens with zero attached hydrogens (tertiary/aromatic N) is 2. The average Bonchev–Trinajstić information content (AvgIpc) is 2.98. The summed E-state index contributed by atoms with van der Waals surface area (Å²) in [6.45, 7) is 9.11. The zero-order valence-electron chi connectivity index (χ0n) is 12.9. The van der Waals surface area contributed by atoms with Crippen molar-refractivity contribution in [3.05, 3.63) is 29.3 Å². The van der Waals surface area contributed by atoms with Crippen LogP contribution in [0.1, 0.15) is 26.2 Å². The summed E-state index contributed by atoms with van der Waals surface area (Å²) in [5.74, 6) is 0. The zero-order valence-corrected chi connectivity index (χ0v) is 13.7. The molecular formula is C17H26ClN3. The summed E-state index contributed by atoms with van der Waals surface area (Å²) >= 11 is 6.31. The molecule has 0 amide bonds. The number of hydrogen-bond acceptors (Lipinski definition) is 3. The normalized spacial score (nSPS) is 27.2. The van der Waals surface area contributed by atoms with Gasteiger partial charge in [-0.1, -0.05) is 30.7 Å². The van der Waals surface area contributed by atoms with Crippen LogP contribution in [0.5, 0.6) is 0 Å². The Bertz CT molecular complexity index is 463. The molecule has 0 spiro atoms. The Labute approximate surface area is 133 Å². The van der Waals surface area contributed by atoms with E-state index in [1.165, 1.54) is 38.0 Å². The second kappa shape index (κ2) is 6.55. The Morgan fingerprint density at radius 2 is 1.95 bits per heavy atom. The molecule has 1 N–H and O–H groups in total. The number of halogens is 1. The van der Waals surface area contributed by atoms with Crippen molar-refractivity contribution >= 4 is 17.3 Å². The Morgan fingerprint density at radius 3 is 2.57 bits per heavy atom. The van der Waals surface area contributed by atoms with Crippen molar-refractivity contribution in [2.75, 3.05) is 44.2 Å². The molecule has 21 heavy (non-hydrogen) atoms. The molecule has 0 saturated carbocycles. The van der Waals surface area contributed by atoms with Gasteiger partial charge in [0.05, 0.1) is 10.7 Å². The first kappa shape index (κ1) is 15.1. The highest BCUT2D eigenvalue weighted by atomic mass is 35.5. The van der Waals surface area contributed by atoms with Crippen LogP contribution in [0.4, 0.5) is 5.69 Å². The maximum atomic E-state index is 6.31. The summed E-state index contributed by atoms with van der Waals surface area (Å²) in [5.41, 5.74) is 1.55. The van der Waals surface area contributed by atoms with Gasteiger partial charge >= 0.3 is 0 Å². The molecule has 4 heteroatoms. The van der Waals surface area contributed by atoms with Crippen molar-refractivity contribution in [3.8, 4) is 0 Å². The fourth-order valence-corrected chi connectivity index (χ4v) is 3.96. The van der Waals surface area contributed by atoms with E-state index in [9.17, 15) is 0 Å². The van der Waals surface area contributed by atoms with Gasteiger partial charge < -0.3 is 10.2 Å². The molecular weight excluding hydrogens is 282 g/mol. The van der Waals surface area contributed by atoms with Crippen molar-refractivity contribution in [2.45, 2.75) is 31.7 Å².